The fourth-order valence-electron chi connectivity index (χ4n) is 1.44. The minimum absolute atomic E-state index is 0.561. The van der Waals surface area contributed by atoms with Crippen LogP contribution in [0.3, 0.4) is 0 Å². The first-order chi connectivity index (χ1) is 6.24. The Hall–Kier alpha value is -0.0900. The number of anilines is 1. The van der Waals surface area contributed by atoms with Crippen LogP contribution in [0.25, 0.3) is 0 Å². The van der Waals surface area contributed by atoms with Gasteiger partial charge in [0.25, 0.3) is 0 Å². The first-order valence-corrected chi connectivity index (χ1v) is 6.29. The summed E-state index contributed by atoms with van der Waals surface area (Å²) in [4.78, 5) is 4.30. The van der Waals surface area contributed by atoms with E-state index < -0.39 is 0 Å². The van der Waals surface area contributed by atoms with Crippen molar-refractivity contribution < 1.29 is 0 Å². The maximum atomic E-state index is 4.30. The molecule has 1 aliphatic rings. The maximum Gasteiger partial charge on any atom is 0.183 e. The van der Waals surface area contributed by atoms with Crippen LogP contribution in [0.15, 0.2) is 9.98 Å². The summed E-state index contributed by atoms with van der Waals surface area (Å²) in [7, 11) is 0. The zero-order valence-electron chi connectivity index (χ0n) is 7.59. The quantitative estimate of drug-likeness (QED) is 0.897. The lowest BCUT2D eigenvalue weighted by atomic mass is 10.2. The van der Waals surface area contributed by atoms with Gasteiger partial charge < -0.3 is 5.32 Å². The van der Waals surface area contributed by atoms with Gasteiger partial charge in [-0.2, -0.15) is 0 Å². The minimum atomic E-state index is 0.561. The molecule has 1 fully saturated rings. The molecule has 1 aromatic rings. The standard InChI is InChI=1S/C9H13BrN2S/c1-6(4-7-2-3-7)11-9-12-8(10)5-13-9/h5-7H,2-4H2,1H3,(H,11,12). The zero-order chi connectivity index (χ0) is 9.26. The molecule has 0 aromatic carbocycles. The highest BCUT2D eigenvalue weighted by Gasteiger charge is 2.23. The van der Waals surface area contributed by atoms with E-state index in [-0.39, 0.29) is 0 Å². The van der Waals surface area contributed by atoms with Crippen molar-refractivity contribution in [2.45, 2.75) is 32.2 Å². The molecule has 0 amide bonds. The molecule has 1 heterocycles. The van der Waals surface area contributed by atoms with E-state index in [1.54, 1.807) is 11.3 Å². The summed E-state index contributed by atoms with van der Waals surface area (Å²) in [6.07, 6.45) is 4.14. The van der Waals surface area contributed by atoms with Crippen molar-refractivity contribution in [2.75, 3.05) is 5.32 Å². The molecule has 0 bridgehead atoms. The average Bonchev–Trinajstić information content (AvgIpc) is 2.76. The highest BCUT2D eigenvalue weighted by molar-refractivity contribution is 9.10. The number of thiazole rings is 1. The van der Waals surface area contributed by atoms with Crippen LogP contribution in [0, 0.1) is 5.92 Å². The van der Waals surface area contributed by atoms with Crippen LogP contribution in [0.2, 0.25) is 0 Å². The summed E-state index contributed by atoms with van der Waals surface area (Å²) in [6.45, 7) is 2.23. The van der Waals surface area contributed by atoms with E-state index in [9.17, 15) is 0 Å². The summed E-state index contributed by atoms with van der Waals surface area (Å²) in [5.41, 5.74) is 0. The monoisotopic (exact) mass is 260 g/mol. The smallest absolute Gasteiger partial charge is 0.183 e. The average molecular weight is 261 g/mol. The van der Waals surface area contributed by atoms with Crippen molar-refractivity contribution in [3.05, 3.63) is 9.98 Å². The number of hydrogen-bond donors (Lipinski definition) is 1. The first kappa shape index (κ1) is 9.46. The van der Waals surface area contributed by atoms with Gasteiger partial charge in [0, 0.05) is 11.4 Å². The van der Waals surface area contributed by atoms with E-state index in [0.29, 0.717) is 6.04 Å². The van der Waals surface area contributed by atoms with Gasteiger partial charge in [-0.1, -0.05) is 12.8 Å². The number of nitrogens with one attached hydrogen (secondary N) is 1. The van der Waals surface area contributed by atoms with Crippen LogP contribution in [0.1, 0.15) is 26.2 Å². The van der Waals surface area contributed by atoms with Gasteiger partial charge in [0.15, 0.2) is 5.13 Å². The van der Waals surface area contributed by atoms with Crippen molar-refractivity contribution in [1.82, 2.24) is 4.98 Å². The van der Waals surface area contributed by atoms with E-state index in [0.717, 1.165) is 15.7 Å². The number of hydrogen-bond acceptors (Lipinski definition) is 3. The lowest BCUT2D eigenvalue weighted by Crippen LogP contribution is -2.15. The van der Waals surface area contributed by atoms with Gasteiger partial charge in [-0.25, -0.2) is 4.98 Å². The van der Waals surface area contributed by atoms with E-state index in [2.05, 4.69) is 33.2 Å². The molecule has 1 aromatic heterocycles. The lowest BCUT2D eigenvalue weighted by Gasteiger charge is -2.11. The molecule has 13 heavy (non-hydrogen) atoms. The highest BCUT2D eigenvalue weighted by atomic mass is 79.9. The van der Waals surface area contributed by atoms with Gasteiger partial charge in [-0.15, -0.1) is 11.3 Å². The van der Waals surface area contributed by atoms with Crippen LogP contribution in [-0.4, -0.2) is 11.0 Å². The molecule has 1 N–H and O–H groups in total. The molecule has 0 radical (unpaired) electrons. The van der Waals surface area contributed by atoms with E-state index in [4.69, 9.17) is 0 Å². The maximum absolute atomic E-state index is 4.30. The zero-order valence-corrected chi connectivity index (χ0v) is 9.99. The molecule has 2 nitrogen and oxygen atoms in total. The normalized spacial score (nSPS) is 18.6. The molecule has 4 heteroatoms. The SMILES string of the molecule is CC(CC1CC1)Nc1nc(Br)cs1. The topological polar surface area (TPSA) is 24.9 Å². The van der Waals surface area contributed by atoms with Crippen molar-refractivity contribution >= 4 is 32.4 Å². The highest BCUT2D eigenvalue weighted by Crippen LogP contribution is 2.34. The van der Waals surface area contributed by atoms with E-state index in [1.807, 2.05) is 5.38 Å². The molecule has 72 valence electrons. The summed E-state index contributed by atoms with van der Waals surface area (Å²) in [6, 6.07) is 0.561. The van der Waals surface area contributed by atoms with Crippen LogP contribution in [-0.2, 0) is 0 Å². The second-order valence-corrected chi connectivity index (χ2v) is 5.37. The Morgan fingerprint density at radius 2 is 2.54 bits per heavy atom. The molecular weight excluding hydrogens is 248 g/mol. The van der Waals surface area contributed by atoms with Gasteiger partial charge >= 0.3 is 0 Å². The molecule has 0 aliphatic heterocycles. The summed E-state index contributed by atoms with van der Waals surface area (Å²) in [5, 5.41) is 6.45. The molecule has 1 aliphatic carbocycles. The number of aromatic nitrogens is 1. The third-order valence-corrected chi connectivity index (χ3v) is 3.71. The molecular formula is C9H13BrN2S. The third kappa shape index (κ3) is 2.95. The van der Waals surface area contributed by atoms with Gasteiger partial charge in [0.05, 0.1) is 0 Å². The minimum Gasteiger partial charge on any atom is -0.359 e. The Labute approximate surface area is 90.9 Å². The predicted molar refractivity (Wildman–Crippen MR) is 60.2 cm³/mol. The van der Waals surface area contributed by atoms with Crippen molar-refractivity contribution in [3.8, 4) is 0 Å². The molecule has 0 saturated heterocycles. The molecule has 2 rings (SSSR count). The predicted octanol–water partition coefficient (Wildman–Crippen LogP) is 3.51. The van der Waals surface area contributed by atoms with E-state index in [1.165, 1.54) is 19.3 Å². The van der Waals surface area contributed by atoms with Gasteiger partial charge in [-0.05, 0) is 35.2 Å². The van der Waals surface area contributed by atoms with Gasteiger partial charge in [0.2, 0.25) is 0 Å². The van der Waals surface area contributed by atoms with Crippen LogP contribution < -0.4 is 5.32 Å². The largest absolute Gasteiger partial charge is 0.359 e. The Bertz CT molecular complexity index is 283. The Kier molecular flexibility index (Phi) is 2.89. The summed E-state index contributed by atoms with van der Waals surface area (Å²) >= 11 is 5.00. The van der Waals surface area contributed by atoms with Crippen molar-refractivity contribution in [3.63, 3.8) is 0 Å². The molecule has 1 saturated carbocycles. The lowest BCUT2D eigenvalue weighted by molar-refractivity contribution is 0.641. The first-order valence-electron chi connectivity index (χ1n) is 4.61. The van der Waals surface area contributed by atoms with E-state index >= 15 is 0 Å². The fourth-order valence-corrected chi connectivity index (χ4v) is 2.70. The number of halogens is 1. The fraction of sp³-hybridized carbons (Fsp3) is 0.667. The van der Waals surface area contributed by atoms with Crippen LogP contribution in [0.5, 0.6) is 0 Å². The second kappa shape index (κ2) is 3.96. The Morgan fingerprint density at radius 1 is 1.77 bits per heavy atom. The van der Waals surface area contributed by atoms with Crippen LogP contribution >= 0.6 is 27.3 Å². The van der Waals surface area contributed by atoms with Crippen LogP contribution in [0.4, 0.5) is 5.13 Å². The van der Waals surface area contributed by atoms with Gasteiger partial charge in [-0.3, -0.25) is 0 Å². The Balaban J connectivity index is 1.82. The Morgan fingerprint density at radius 3 is 3.08 bits per heavy atom. The number of rotatable bonds is 4. The molecule has 1 atom stereocenters. The number of nitrogens with zero attached hydrogens (tertiary/aromatic N) is 1. The summed E-state index contributed by atoms with van der Waals surface area (Å²) in [5.74, 6) is 0.978. The van der Waals surface area contributed by atoms with Crippen molar-refractivity contribution in [1.29, 1.82) is 0 Å². The second-order valence-electron chi connectivity index (χ2n) is 3.70. The molecule has 0 spiro atoms. The summed E-state index contributed by atoms with van der Waals surface area (Å²) < 4.78 is 0.929. The van der Waals surface area contributed by atoms with Gasteiger partial charge in [0.1, 0.15) is 4.60 Å². The van der Waals surface area contributed by atoms with Crippen molar-refractivity contribution in [2.24, 2.45) is 5.92 Å². The third-order valence-electron chi connectivity index (χ3n) is 2.23. The molecule has 1 unspecified atom stereocenters.